The lowest BCUT2D eigenvalue weighted by Crippen LogP contribution is -2.15. The van der Waals surface area contributed by atoms with Gasteiger partial charge in [0.1, 0.15) is 11.6 Å². The molecule has 1 unspecified atom stereocenters. The highest BCUT2D eigenvalue weighted by atomic mass is 19.1. The number of rotatable bonds is 7. The quantitative estimate of drug-likeness (QED) is 0.348. The van der Waals surface area contributed by atoms with E-state index in [-0.39, 0.29) is 17.9 Å². The van der Waals surface area contributed by atoms with Crippen molar-refractivity contribution >= 4 is 22.5 Å². The van der Waals surface area contributed by atoms with Gasteiger partial charge in [-0.3, -0.25) is 4.79 Å². The highest BCUT2D eigenvalue weighted by molar-refractivity contribution is 5.96. The van der Waals surface area contributed by atoms with Crippen LogP contribution in [0.2, 0.25) is 0 Å². The van der Waals surface area contributed by atoms with Crippen molar-refractivity contribution in [3.63, 3.8) is 0 Å². The first kappa shape index (κ1) is 22.6. The number of nitrogens with one attached hydrogen (secondary N) is 1. The lowest BCUT2D eigenvalue weighted by Gasteiger charge is -2.14. The number of hydrogen-bond donors (Lipinski definition) is 2. The Labute approximate surface area is 190 Å². The molecular weight excluding hydrogens is 422 g/mol. The predicted molar refractivity (Wildman–Crippen MR) is 127 cm³/mol. The molecule has 4 aromatic rings. The highest BCUT2D eigenvalue weighted by Crippen LogP contribution is 2.36. The van der Waals surface area contributed by atoms with Gasteiger partial charge in [-0.2, -0.15) is 0 Å². The molecule has 0 radical (unpaired) electrons. The molecule has 1 aromatic heterocycles. The summed E-state index contributed by atoms with van der Waals surface area (Å²) in [6.45, 7) is 1.86. The Balaban J connectivity index is 1.77. The van der Waals surface area contributed by atoms with Crippen molar-refractivity contribution in [3.8, 4) is 22.4 Å². The zero-order chi connectivity index (χ0) is 23.4. The number of fused-ring (bicyclic) bond motifs is 1. The summed E-state index contributed by atoms with van der Waals surface area (Å²) in [6, 6.07) is 19.5. The van der Waals surface area contributed by atoms with Gasteiger partial charge in [0.2, 0.25) is 5.91 Å². The minimum atomic E-state index is -0.503. The first-order valence-corrected chi connectivity index (χ1v) is 10.9. The Hall–Kier alpha value is -3.64. The van der Waals surface area contributed by atoms with Crippen LogP contribution in [0.5, 0.6) is 0 Å². The van der Waals surface area contributed by atoms with Crippen molar-refractivity contribution < 1.29 is 18.7 Å². The van der Waals surface area contributed by atoms with Crippen LogP contribution in [0.4, 0.5) is 14.5 Å². The number of anilines is 1. The fourth-order valence-corrected chi connectivity index (χ4v) is 3.72. The number of aliphatic hydroxyl groups is 1. The van der Waals surface area contributed by atoms with E-state index >= 15 is 0 Å². The lowest BCUT2D eigenvalue weighted by atomic mass is 9.96. The van der Waals surface area contributed by atoms with E-state index in [2.05, 4.69) is 10.3 Å². The van der Waals surface area contributed by atoms with E-state index in [1.165, 1.54) is 12.1 Å². The maximum absolute atomic E-state index is 14.7. The van der Waals surface area contributed by atoms with Crippen LogP contribution >= 0.6 is 0 Å². The number of benzene rings is 3. The van der Waals surface area contributed by atoms with E-state index in [0.717, 1.165) is 0 Å². The van der Waals surface area contributed by atoms with Crippen LogP contribution in [0.15, 0.2) is 72.8 Å². The normalized spacial score (nSPS) is 12.0. The smallest absolute Gasteiger partial charge is 0.224 e. The van der Waals surface area contributed by atoms with Crippen LogP contribution < -0.4 is 5.32 Å². The van der Waals surface area contributed by atoms with Gasteiger partial charge in [-0.05, 0) is 55.3 Å². The summed E-state index contributed by atoms with van der Waals surface area (Å²) in [6.07, 6.45) is 0.688. The molecule has 33 heavy (non-hydrogen) atoms. The fraction of sp³-hybridized carbons (Fsp3) is 0.185. The summed E-state index contributed by atoms with van der Waals surface area (Å²) in [5.74, 6) is -1.08. The van der Waals surface area contributed by atoms with Gasteiger partial charge in [0.15, 0.2) is 0 Å². The van der Waals surface area contributed by atoms with Gasteiger partial charge < -0.3 is 10.4 Å². The third-order valence-electron chi connectivity index (χ3n) is 5.57. The Bertz CT molecular complexity index is 1310. The van der Waals surface area contributed by atoms with E-state index in [1.807, 2.05) is 6.92 Å². The van der Waals surface area contributed by atoms with E-state index < -0.39 is 17.7 Å². The van der Waals surface area contributed by atoms with Crippen LogP contribution in [-0.4, -0.2) is 22.1 Å². The van der Waals surface area contributed by atoms with Crippen molar-refractivity contribution in [2.24, 2.45) is 0 Å². The van der Waals surface area contributed by atoms with Crippen LogP contribution in [0.3, 0.4) is 0 Å². The molecular formula is C27H24F2N2O2. The molecule has 0 aliphatic carbocycles. The van der Waals surface area contributed by atoms with Gasteiger partial charge in [-0.1, -0.05) is 37.3 Å². The molecule has 0 fully saturated rings. The number of carbonyl (C=O) groups excluding carboxylic acids is 1. The van der Waals surface area contributed by atoms with Gasteiger partial charge in [0.25, 0.3) is 0 Å². The number of amides is 1. The van der Waals surface area contributed by atoms with E-state index in [1.54, 1.807) is 60.7 Å². The number of aliphatic hydroxyl groups excluding tert-OH is 1. The minimum Gasteiger partial charge on any atom is -0.393 e. The predicted octanol–water partition coefficient (Wildman–Crippen LogP) is 6.34. The molecule has 0 aliphatic heterocycles. The van der Waals surface area contributed by atoms with Gasteiger partial charge in [-0.15, -0.1) is 0 Å². The summed E-state index contributed by atoms with van der Waals surface area (Å²) >= 11 is 0. The zero-order valence-corrected chi connectivity index (χ0v) is 18.2. The second-order valence-electron chi connectivity index (χ2n) is 7.90. The van der Waals surface area contributed by atoms with Crippen molar-refractivity contribution in [1.29, 1.82) is 0 Å². The fourth-order valence-electron chi connectivity index (χ4n) is 3.72. The standard InChI is InChI=1S/C27H24F2N2O2/c1-2-19(32)12-14-26(33)30-18-11-13-25-17(15-18)16-22(20-7-3-5-9-23(20)28)27(31-25)21-8-4-6-10-24(21)29/h3-11,13,15-16,19,32H,2,12,14H2,1H3,(H,30,33). The maximum atomic E-state index is 14.7. The zero-order valence-electron chi connectivity index (χ0n) is 18.2. The third kappa shape index (κ3) is 5.07. The summed E-state index contributed by atoms with van der Waals surface area (Å²) in [5, 5.41) is 13.2. The molecule has 6 heteroatoms. The molecule has 0 bridgehead atoms. The first-order chi connectivity index (χ1) is 16.0. The number of hydrogen-bond acceptors (Lipinski definition) is 3. The lowest BCUT2D eigenvalue weighted by molar-refractivity contribution is -0.116. The number of carbonyl (C=O) groups is 1. The number of halogens is 2. The van der Waals surface area contributed by atoms with Crippen molar-refractivity contribution in [2.75, 3.05) is 5.32 Å². The van der Waals surface area contributed by atoms with Crippen molar-refractivity contribution in [3.05, 3.63) is 84.4 Å². The second kappa shape index (κ2) is 9.88. The van der Waals surface area contributed by atoms with Crippen molar-refractivity contribution in [1.82, 2.24) is 4.98 Å². The first-order valence-electron chi connectivity index (χ1n) is 10.9. The second-order valence-corrected chi connectivity index (χ2v) is 7.90. The molecule has 4 rings (SSSR count). The molecule has 3 aromatic carbocycles. The summed E-state index contributed by atoms with van der Waals surface area (Å²) < 4.78 is 29.3. The minimum absolute atomic E-state index is 0.202. The monoisotopic (exact) mass is 446 g/mol. The molecule has 1 heterocycles. The van der Waals surface area contributed by atoms with Gasteiger partial charge >= 0.3 is 0 Å². The molecule has 4 nitrogen and oxygen atoms in total. The Morgan fingerprint density at radius 1 is 0.939 bits per heavy atom. The van der Waals surface area contributed by atoms with Crippen LogP contribution in [0, 0.1) is 11.6 Å². The summed E-state index contributed by atoms with van der Waals surface area (Å²) in [5.41, 5.74) is 2.56. The number of nitrogens with zero attached hydrogens (tertiary/aromatic N) is 1. The Morgan fingerprint density at radius 3 is 2.27 bits per heavy atom. The van der Waals surface area contributed by atoms with Crippen LogP contribution in [0.1, 0.15) is 26.2 Å². The van der Waals surface area contributed by atoms with Crippen LogP contribution in [-0.2, 0) is 4.79 Å². The molecule has 1 atom stereocenters. The SMILES string of the molecule is CCC(O)CCC(=O)Nc1ccc2nc(-c3ccccc3F)c(-c3ccccc3F)cc2c1. The number of aromatic nitrogens is 1. The van der Waals surface area contributed by atoms with E-state index in [0.29, 0.717) is 46.3 Å². The Kier molecular flexibility index (Phi) is 6.75. The van der Waals surface area contributed by atoms with Crippen LogP contribution in [0.25, 0.3) is 33.3 Å². The molecule has 2 N–H and O–H groups in total. The highest BCUT2D eigenvalue weighted by Gasteiger charge is 2.17. The average Bonchev–Trinajstić information content (AvgIpc) is 2.82. The van der Waals surface area contributed by atoms with E-state index in [9.17, 15) is 18.7 Å². The van der Waals surface area contributed by atoms with Gasteiger partial charge in [-0.25, -0.2) is 13.8 Å². The summed E-state index contributed by atoms with van der Waals surface area (Å²) in [4.78, 5) is 16.9. The molecule has 1 amide bonds. The maximum Gasteiger partial charge on any atom is 0.224 e. The largest absolute Gasteiger partial charge is 0.393 e. The van der Waals surface area contributed by atoms with Gasteiger partial charge in [0, 0.05) is 34.2 Å². The third-order valence-corrected chi connectivity index (χ3v) is 5.57. The Morgan fingerprint density at radius 2 is 1.61 bits per heavy atom. The molecule has 0 spiro atoms. The van der Waals surface area contributed by atoms with E-state index in [4.69, 9.17) is 0 Å². The average molecular weight is 446 g/mol. The van der Waals surface area contributed by atoms with Gasteiger partial charge in [0.05, 0.1) is 17.3 Å². The number of pyridine rings is 1. The van der Waals surface area contributed by atoms with Crippen molar-refractivity contribution in [2.45, 2.75) is 32.3 Å². The molecule has 0 saturated carbocycles. The molecule has 168 valence electrons. The molecule has 0 aliphatic rings. The molecule has 0 saturated heterocycles. The topological polar surface area (TPSA) is 62.2 Å². The summed E-state index contributed by atoms with van der Waals surface area (Å²) in [7, 11) is 0.